The molecule has 1 heterocycles. The summed E-state index contributed by atoms with van der Waals surface area (Å²) in [6.07, 6.45) is -4.17. The first-order chi connectivity index (χ1) is 9.76. The minimum Gasteiger partial charge on any atom is -0.369 e. The van der Waals surface area contributed by atoms with Crippen molar-refractivity contribution in [3.8, 4) is 0 Å². The van der Waals surface area contributed by atoms with Crippen LogP contribution >= 0.6 is 0 Å². The van der Waals surface area contributed by atoms with E-state index in [0.29, 0.717) is 31.7 Å². The molecule has 1 fully saturated rings. The number of alkyl halides is 3. The first-order valence-electron chi connectivity index (χ1n) is 6.85. The third kappa shape index (κ3) is 4.31. The highest BCUT2D eigenvalue weighted by Gasteiger charge is 2.32. The summed E-state index contributed by atoms with van der Waals surface area (Å²) in [5.74, 6) is -0.359. The van der Waals surface area contributed by atoms with Crippen LogP contribution < -0.4 is 10.6 Å². The van der Waals surface area contributed by atoms with Gasteiger partial charge in [-0.2, -0.15) is 13.2 Å². The molecule has 1 saturated heterocycles. The van der Waals surface area contributed by atoms with Crippen LogP contribution in [0.1, 0.15) is 18.5 Å². The maximum absolute atomic E-state index is 13.3. The monoisotopic (exact) mass is 305 g/mol. The van der Waals surface area contributed by atoms with Crippen LogP contribution in [0.4, 0.5) is 23.2 Å². The first-order valence-corrected chi connectivity index (χ1v) is 6.85. The van der Waals surface area contributed by atoms with Gasteiger partial charge in [0.25, 0.3) is 0 Å². The van der Waals surface area contributed by atoms with Crippen LogP contribution in [-0.2, 0) is 0 Å². The van der Waals surface area contributed by atoms with E-state index in [0.717, 1.165) is 5.69 Å². The lowest BCUT2D eigenvalue weighted by Gasteiger charge is -2.37. The van der Waals surface area contributed by atoms with Gasteiger partial charge in [-0.05, 0) is 30.7 Å². The van der Waals surface area contributed by atoms with Gasteiger partial charge in [0, 0.05) is 37.9 Å². The molecule has 0 spiro atoms. The third-order valence-electron chi connectivity index (χ3n) is 3.60. The van der Waals surface area contributed by atoms with Crippen molar-refractivity contribution < 1.29 is 17.6 Å². The van der Waals surface area contributed by atoms with Crippen LogP contribution in [0, 0.1) is 5.82 Å². The molecular formula is C14H19F4N3. The highest BCUT2D eigenvalue weighted by atomic mass is 19.4. The number of nitrogens with zero attached hydrogens (tertiary/aromatic N) is 2. The van der Waals surface area contributed by atoms with Gasteiger partial charge in [0.15, 0.2) is 0 Å². The van der Waals surface area contributed by atoms with Crippen LogP contribution in [0.2, 0.25) is 0 Å². The second-order valence-electron chi connectivity index (χ2n) is 5.37. The van der Waals surface area contributed by atoms with Gasteiger partial charge in [-0.15, -0.1) is 0 Å². The van der Waals surface area contributed by atoms with Gasteiger partial charge >= 0.3 is 6.18 Å². The zero-order valence-electron chi connectivity index (χ0n) is 11.8. The van der Waals surface area contributed by atoms with Crippen molar-refractivity contribution in [3.63, 3.8) is 0 Å². The second kappa shape index (κ2) is 6.19. The van der Waals surface area contributed by atoms with Gasteiger partial charge < -0.3 is 10.6 Å². The number of hydrogen-bond donors (Lipinski definition) is 1. The quantitative estimate of drug-likeness (QED) is 0.871. The highest BCUT2D eigenvalue weighted by Crippen LogP contribution is 2.27. The van der Waals surface area contributed by atoms with Gasteiger partial charge in [0.1, 0.15) is 5.82 Å². The standard InChI is InChI=1S/C14H19F4N3/c1-10(19)12-8-11(15)2-3-13(12)21-6-4-20(5-7-21)9-14(16,17)18/h2-3,8,10H,4-7,9,19H2,1H3. The Bertz CT molecular complexity index is 480. The van der Waals surface area contributed by atoms with E-state index in [1.165, 1.54) is 17.0 Å². The molecule has 3 nitrogen and oxygen atoms in total. The molecule has 1 aromatic carbocycles. The van der Waals surface area contributed by atoms with Crippen LogP contribution in [-0.4, -0.2) is 43.8 Å². The highest BCUT2D eigenvalue weighted by molar-refractivity contribution is 5.55. The Morgan fingerprint density at radius 3 is 2.33 bits per heavy atom. The molecule has 2 rings (SSSR count). The lowest BCUT2D eigenvalue weighted by atomic mass is 10.0. The summed E-state index contributed by atoms with van der Waals surface area (Å²) < 4.78 is 50.4. The van der Waals surface area contributed by atoms with E-state index < -0.39 is 12.7 Å². The zero-order chi connectivity index (χ0) is 15.6. The average Bonchev–Trinajstić information content (AvgIpc) is 2.38. The maximum atomic E-state index is 13.3. The number of rotatable bonds is 3. The largest absolute Gasteiger partial charge is 0.401 e. The lowest BCUT2D eigenvalue weighted by molar-refractivity contribution is -0.146. The molecule has 1 unspecified atom stereocenters. The van der Waals surface area contributed by atoms with Crippen LogP contribution in [0.5, 0.6) is 0 Å². The summed E-state index contributed by atoms with van der Waals surface area (Å²) in [4.78, 5) is 3.34. The van der Waals surface area contributed by atoms with Crippen molar-refractivity contribution in [2.24, 2.45) is 5.73 Å². The van der Waals surface area contributed by atoms with Crippen LogP contribution in [0.25, 0.3) is 0 Å². The topological polar surface area (TPSA) is 32.5 Å². The summed E-state index contributed by atoms with van der Waals surface area (Å²) >= 11 is 0. The van der Waals surface area contributed by atoms with E-state index in [1.54, 1.807) is 13.0 Å². The van der Waals surface area contributed by atoms with Crippen molar-refractivity contribution in [2.45, 2.75) is 19.1 Å². The smallest absolute Gasteiger partial charge is 0.369 e. The third-order valence-corrected chi connectivity index (χ3v) is 3.60. The molecule has 1 aromatic rings. The number of halogens is 4. The summed E-state index contributed by atoms with van der Waals surface area (Å²) in [7, 11) is 0. The van der Waals surface area contributed by atoms with Crippen LogP contribution in [0.15, 0.2) is 18.2 Å². The predicted molar refractivity (Wildman–Crippen MR) is 73.7 cm³/mol. The molecule has 2 N–H and O–H groups in total. The van der Waals surface area contributed by atoms with E-state index in [4.69, 9.17) is 5.73 Å². The molecule has 1 aliphatic rings. The van der Waals surface area contributed by atoms with Gasteiger partial charge in [-0.3, -0.25) is 4.90 Å². The van der Waals surface area contributed by atoms with E-state index in [9.17, 15) is 17.6 Å². The molecule has 0 aromatic heterocycles. The molecule has 0 saturated carbocycles. The average molecular weight is 305 g/mol. The molecule has 0 bridgehead atoms. The number of hydrogen-bond acceptors (Lipinski definition) is 3. The summed E-state index contributed by atoms with van der Waals surface area (Å²) in [6, 6.07) is 4.06. The van der Waals surface area contributed by atoms with Crippen molar-refractivity contribution >= 4 is 5.69 Å². The molecular weight excluding hydrogens is 286 g/mol. The Labute approximate surface area is 121 Å². The molecule has 0 radical (unpaired) electrons. The fourth-order valence-corrected chi connectivity index (χ4v) is 2.58. The number of piperazine rings is 1. The number of anilines is 1. The summed E-state index contributed by atoms with van der Waals surface area (Å²) in [5, 5.41) is 0. The van der Waals surface area contributed by atoms with E-state index in [-0.39, 0.29) is 11.9 Å². The summed E-state index contributed by atoms with van der Waals surface area (Å²) in [6.45, 7) is 2.48. The Kier molecular flexibility index (Phi) is 4.73. The van der Waals surface area contributed by atoms with Gasteiger partial charge in [-0.25, -0.2) is 4.39 Å². The SMILES string of the molecule is CC(N)c1cc(F)ccc1N1CCN(CC(F)(F)F)CC1. The second-order valence-corrected chi connectivity index (χ2v) is 5.37. The first kappa shape index (κ1) is 16.0. The fourth-order valence-electron chi connectivity index (χ4n) is 2.58. The van der Waals surface area contributed by atoms with Gasteiger partial charge in [-0.1, -0.05) is 0 Å². The van der Waals surface area contributed by atoms with E-state index in [1.807, 2.05) is 4.90 Å². The minimum absolute atomic E-state index is 0.329. The molecule has 1 aliphatic heterocycles. The maximum Gasteiger partial charge on any atom is 0.401 e. The van der Waals surface area contributed by atoms with Crippen molar-refractivity contribution in [3.05, 3.63) is 29.6 Å². The van der Waals surface area contributed by atoms with Crippen molar-refractivity contribution in [1.29, 1.82) is 0 Å². The Hall–Kier alpha value is -1.34. The zero-order valence-corrected chi connectivity index (χ0v) is 11.8. The van der Waals surface area contributed by atoms with Crippen LogP contribution in [0.3, 0.4) is 0 Å². The van der Waals surface area contributed by atoms with E-state index >= 15 is 0 Å². The Morgan fingerprint density at radius 1 is 1.19 bits per heavy atom. The predicted octanol–water partition coefficient (Wildman–Crippen LogP) is 2.53. The van der Waals surface area contributed by atoms with Crippen molar-refractivity contribution in [2.75, 3.05) is 37.6 Å². The minimum atomic E-state index is -4.17. The fraction of sp³-hybridized carbons (Fsp3) is 0.571. The van der Waals surface area contributed by atoms with Crippen molar-refractivity contribution in [1.82, 2.24) is 4.90 Å². The molecule has 0 aliphatic carbocycles. The lowest BCUT2D eigenvalue weighted by Crippen LogP contribution is -2.49. The number of benzene rings is 1. The molecule has 7 heteroatoms. The molecule has 0 amide bonds. The normalized spacial score (nSPS) is 18.9. The number of nitrogens with two attached hydrogens (primary N) is 1. The summed E-state index contributed by atoms with van der Waals surface area (Å²) in [5.41, 5.74) is 7.33. The van der Waals surface area contributed by atoms with E-state index in [2.05, 4.69) is 0 Å². The molecule has 21 heavy (non-hydrogen) atoms. The van der Waals surface area contributed by atoms with Gasteiger partial charge in [0.05, 0.1) is 6.54 Å². The van der Waals surface area contributed by atoms with Gasteiger partial charge in [0.2, 0.25) is 0 Å². The Balaban J connectivity index is 2.06. The Morgan fingerprint density at radius 2 is 1.81 bits per heavy atom. The molecule has 118 valence electrons. The molecule has 1 atom stereocenters.